The predicted molar refractivity (Wildman–Crippen MR) is 77.0 cm³/mol. The summed E-state index contributed by atoms with van der Waals surface area (Å²) in [4.78, 5) is 4.10. The molecule has 0 fully saturated rings. The van der Waals surface area contributed by atoms with Crippen LogP contribution in [-0.2, 0) is 6.61 Å². The third-order valence-corrected chi connectivity index (χ3v) is 3.59. The van der Waals surface area contributed by atoms with Crippen LogP contribution in [0.1, 0.15) is 5.56 Å². The minimum Gasteiger partial charge on any atom is -0.497 e. The zero-order chi connectivity index (χ0) is 13.0. The summed E-state index contributed by atoms with van der Waals surface area (Å²) in [6.07, 6.45) is 1.68. The molecule has 0 aliphatic carbocycles. The average molecular weight is 373 g/mol. The monoisotopic (exact) mass is 371 g/mol. The normalized spacial score (nSPS) is 10.2. The molecule has 3 nitrogen and oxygen atoms in total. The fourth-order valence-electron chi connectivity index (χ4n) is 1.40. The maximum atomic E-state index is 5.66. The number of hydrogen-bond acceptors (Lipinski definition) is 3. The van der Waals surface area contributed by atoms with Crippen LogP contribution in [0.25, 0.3) is 0 Å². The lowest BCUT2D eigenvalue weighted by molar-refractivity contribution is 0.303. The molecule has 2 rings (SSSR count). The van der Waals surface area contributed by atoms with E-state index in [4.69, 9.17) is 9.47 Å². The van der Waals surface area contributed by atoms with E-state index in [-0.39, 0.29) is 0 Å². The smallest absolute Gasteiger partial charge is 0.138 e. The lowest BCUT2D eigenvalue weighted by Gasteiger charge is -2.09. The Labute approximate surface area is 122 Å². The van der Waals surface area contributed by atoms with Gasteiger partial charge in [-0.2, -0.15) is 0 Å². The largest absolute Gasteiger partial charge is 0.497 e. The molecule has 0 radical (unpaired) electrons. The van der Waals surface area contributed by atoms with Crippen LogP contribution < -0.4 is 9.47 Å². The van der Waals surface area contributed by atoms with Gasteiger partial charge in [0.15, 0.2) is 0 Å². The molecule has 0 aliphatic heterocycles. The number of benzene rings is 1. The number of aromatic nitrogens is 1. The SMILES string of the molecule is COc1ccc(Br)c(COc2ccc(Br)nc2)c1. The molecule has 94 valence electrons. The van der Waals surface area contributed by atoms with Gasteiger partial charge in [0, 0.05) is 10.0 Å². The summed E-state index contributed by atoms with van der Waals surface area (Å²) in [7, 11) is 1.65. The Morgan fingerprint density at radius 2 is 1.89 bits per heavy atom. The number of pyridine rings is 1. The van der Waals surface area contributed by atoms with Crippen molar-refractivity contribution < 1.29 is 9.47 Å². The Morgan fingerprint density at radius 3 is 2.56 bits per heavy atom. The first-order chi connectivity index (χ1) is 8.69. The van der Waals surface area contributed by atoms with Crippen molar-refractivity contribution in [2.24, 2.45) is 0 Å². The molecular formula is C13H11Br2NO2. The second kappa shape index (κ2) is 6.20. The van der Waals surface area contributed by atoms with Crippen LogP contribution in [0.15, 0.2) is 45.6 Å². The first kappa shape index (κ1) is 13.4. The molecule has 18 heavy (non-hydrogen) atoms. The molecule has 0 unspecified atom stereocenters. The van der Waals surface area contributed by atoms with E-state index in [9.17, 15) is 0 Å². The summed E-state index contributed by atoms with van der Waals surface area (Å²) in [6, 6.07) is 9.49. The fraction of sp³-hybridized carbons (Fsp3) is 0.154. The van der Waals surface area contributed by atoms with Crippen molar-refractivity contribution in [3.63, 3.8) is 0 Å². The highest BCUT2D eigenvalue weighted by Crippen LogP contribution is 2.24. The van der Waals surface area contributed by atoms with E-state index in [1.165, 1.54) is 0 Å². The van der Waals surface area contributed by atoms with Crippen LogP contribution in [0, 0.1) is 0 Å². The summed E-state index contributed by atoms with van der Waals surface area (Å²) >= 11 is 6.77. The van der Waals surface area contributed by atoms with Gasteiger partial charge in [-0.15, -0.1) is 0 Å². The highest BCUT2D eigenvalue weighted by atomic mass is 79.9. The van der Waals surface area contributed by atoms with Crippen molar-refractivity contribution in [3.05, 3.63) is 51.2 Å². The summed E-state index contributed by atoms with van der Waals surface area (Å²) in [5.74, 6) is 1.54. The van der Waals surface area contributed by atoms with Crippen LogP contribution in [0.4, 0.5) is 0 Å². The molecule has 0 atom stereocenters. The van der Waals surface area contributed by atoms with Crippen molar-refractivity contribution >= 4 is 31.9 Å². The van der Waals surface area contributed by atoms with Gasteiger partial charge in [0.2, 0.25) is 0 Å². The van der Waals surface area contributed by atoms with Gasteiger partial charge in [0.1, 0.15) is 22.7 Å². The summed E-state index contributed by atoms with van der Waals surface area (Å²) in [5, 5.41) is 0. The second-order valence-electron chi connectivity index (χ2n) is 3.56. The van der Waals surface area contributed by atoms with Gasteiger partial charge in [-0.05, 0) is 46.3 Å². The second-order valence-corrected chi connectivity index (χ2v) is 5.23. The highest BCUT2D eigenvalue weighted by molar-refractivity contribution is 9.10. The van der Waals surface area contributed by atoms with E-state index in [0.717, 1.165) is 26.1 Å². The molecule has 0 bridgehead atoms. The molecule has 5 heteroatoms. The van der Waals surface area contributed by atoms with Gasteiger partial charge in [0.05, 0.1) is 13.3 Å². The Bertz CT molecular complexity index is 529. The summed E-state index contributed by atoms with van der Waals surface area (Å²) in [5.41, 5.74) is 1.03. The molecule has 0 aliphatic rings. The van der Waals surface area contributed by atoms with E-state index in [1.54, 1.807) is 13.3 Å². The molecule has 1 heterocycles. The van der Waals surface area contributed by atoms with E-state index in [0.29, 0.717) is 6.61 Å². The van der Waals surface area contributed by atoms with Crippen LogP contribution in [-0.4, -0.2) is 12.1 Å². The number of nitrogens with zero attached hydrogens (tertiary/aromatic N) is 1. The first-order valence-electron chi connectivity index (χ1n) is 5.26. The van der Waals surface area contributed by atoms with E-state index in [1.807, 2.05) is 30.3 Å². The zero-order valence-electron chi connectivity index (χ0n) is 9.69. The van der Waals surface area contributed by atoms with Gasteiger partial charge in [0.25, 0.3) is 0 Å². The standard InChI is InChI=1S/C13H11Br2NO2/c1-17-10-2-4-12(14)9(6-10)8-18-11-3-5-13(15)16-7-11/h2-7H,8H2,1H3. The number of ether oxygens (including phenoxy) is 2. The van der Waals surface area contributed by atoms with Crippen LogP contribution >= 0.6 is 31.9 Å². The quantitative estimate of drug-likeness (QED) is 0.754. The van der Waals surface area contributed by atoms with Crippen LogP contribution in [0.5, 0.6) is 11.5 Å². The van der Waals surface area contributed by atoms with Gasteiger partial charge in [-0.25, -0.2) is 4.98 Å². The highest BCUT2D eigenvalue weighted by Gasteiger charge is 2.03. The molecule has 0 amide bonds. The maximum absolute atomic E-state index is 5.66. The summed E-state index contributed by atoms with van der Waals surface area (Å²) in [6.45, 7) is 0.459. The number of halogens is 2. The van der Waals surface area contributed by atoms with Crippen molar-refractivity contribution in [2.75, 3.05) is 7.11 Å². The van der Waals surface area contributed by atoms with Crippen LogP contribution in [0.3, 0.4) is 0 Å². The van der Waals surface area contributed by atoms with Crippen molar-refractivity contribution in [1.29, 1.82) is 0 Å². The lowest BCUT2D eigenvalue weighted by atomic mass is 10.2. The Morgan fingerprint density at radius 1 is 1.11 bits per heavy atom. The van der Waals surface area contributed by atoms with Crippen molar-refractivity contribution in [2.45, 2.75) is 6.61 Å². The average Bonchev–Trinajstić information content (AvgIpc) is 2.40. The van der Waals surface area contributed by atoms with Crippen LogP contribution in [0.2, 0.25) is 0 Å². The predicted octanol–water partition coefficient (Wildman–Crippen LogP) is 4.19. The minimum absolute atomic E-state index is 0.459. The molecule has 2 aromatic rings. The first-order valence-corrected chi connectivity index (χ1v) is 6.84. The number of methoxy groups -OCH3 is 1. The Balaban J connectivity index is 2.07. The van der Waals surface area contributed by atoms with Crippen molar-refractivity contribution in [3.8, 4) is 11.5 Å². The van der Waals surface area contributed by atoms with E-state index >= 15 is 0 Å². The third kappa shape index (κ3) is 3.46. The molecule has 0 saturated carbocycles. The van der Waals surface area contributed by atoms with Gasteiger partial charge in [-0.3, -0.25) is 0 Å². The lowest BCUT2D eigenvalue weighted by Crippen LogP contribution is -1.97. The Kier molecular flexibility index (Phi) is 4.60. The molecule has 1 aromatic heterocycles. The third-order valence-electron chi connectivity index (χ3n) is 2.35. The minimum atomic E-state index is 0.459. The molecule has 0 spiro atoms. The zero-order valence-corrected chi connectivity index (χ0v) is 12.9. The molecular weight excluding hydrogens is 362 g/mol. The summed E-state index contributed by atoms with van der Waals surface area (Å²) < 4.78 is 12.6. The maximum Gasteiger partial charge on any atom is 0.138 e. The van der Waals surface area contributed by atoms with Gasteiger partial charge in [-0.1, -0.05) is 15.9 Å². The van der Waals surface area contributed by atoms with Gasteiger partial charge >= 0.3 is 0 Å². The van der Waals surface area contributed by atoms with Crippen molar-refractivity contribution in [1.82, 2.24) is 4.98 Å². The van der Waals surface area contributed by atoms with Gasteiger partial charge < -0.3 is 9.47 Å². The number of hydrogen-bond donors (Lipinski definition) is 0. The Hall–Kier alpha value is -1.07. The van der Waals surface area contributed by atoms with E-state index in [2.05, 4.69) is 36.8 Å². The molecule has 1 aromatic carbocycles. The molecule has 0 N–H and O–H groups in total. The topological polar surface area (TPSA) is 31.4 Å². The van der Waals surface area contributed by atoms with E-state index < -0.39 is 0 Å². The molecule has 0 saturated heterocycles. The number of rotatable bonds is 4. The fourth-order valence-corrected chi connectivity index (χ4v) is 1.99.